The molecular formula is C22H27N3O3. The molecule has 2 aromatic rings. The lowest BCUT2D eigenvalue weighted by molar-refractivity contribution is -0.116. The van der Waals surface area contributed by atoms with E-state index in [4.69, 9.17) is 4.74 Å². The van der Waals surface area contributed by atoms with Gasteiger partial charge in [-0.1, -0.05) is 18.2 Å². The molecular weight excluding hydrogens is 354 g/mol. The Bertz CT molecular complexity index is 792. The third-order valence-corrected chi connectivity index (χ3v) is 5.10. The molecule has 1 N–H and O–H groups in total. The summed E-state index contributed by atoms with van der Waals surface area (Å²) in [5.41, 5.74) is 2.49. The fourth-order valence-electron chi connectivity index (χ4n) is 3.48. The van der Waals surface area contributed by atoms with Crippen molar-refractivity contribution in [2.24, 2.45) is 0 Å². The average molecular weight is 381 g/mol. The van der Waals surface area contributed by atoms with Gasteiger partial charge in [-0.2, -0.15) is 0 Å². The number of anilines is 2. The zero-order valence-electron chi connectivity index (χ0n) is 16.4. The number of methoxy groups -OCH3 is 1. The molecule has 3 rings (SSSR count). The fraction of sp³-hybridized carbons (Fsp3) is 0.364. The summed E-state index contributed by atoms with van der Waals surface area (Å²) in [6.45, 7) is 5.61. The lowest BCUT2D eigenvalue weighted by Crippen LogP contribution is -2.52. The third-order valence-electron chi connectivity index (χ3n) is 5.10. The number of carbonyl (C=O) groups is 2. The quantitative estimate of drug-likeness (QED) is 0.780. The smallest absolute Gasteiger partial charge is 0.337 e. The first kappa shape index (κ1) is 19.9. The highest BCUT2D eigenvalue weighted by Crippen LogP contribution is 2.20. The molecule has 6 heteroatoms. The number of hydrogen-bond donors (Lipinski definition) is 1. The highest BCUT2D eigenvalue weighted by molar-refractivity contribution is 5.91. The van der Waals surface area contributed by atoms with Crippen molar-refractivity contribution < 1.29 is 14.3 Å². The molecule has 1 aliphatic heterocycles. The largest absolute Gasteiger partial charge is 0.465 e. The van der Waals surface area contributed by atoms with Crippen molar-refractivity contribution in [3.8, 4) is 0 Å². The van der Waals surface area contributed by atoms with E-state index in [1.807, 2.05) is 42.5 Å². The Morgan fingerprint density at radius 1 is 1.07 bits per heavy atom. The molecule has 0 bridgehead atoms. The van der Waals surface area contributed by atoms with Crippen LogP contribution in [0.15, 0.2) is 54.6 Å². The molecule has 0 aliphatic carbocycles. The summed E-state index contributed by atoms with van der Waals surface area (Å²) in [4.78, 5) is 28.4. The maximum Gasteiger partial charge on any atom is 0.337 e. The monoisotopic (exact) mass is 381 g/mol. The van der Waals surface area contributed by atoms with Gasteiger partial charge in [0, 0.05) is 50.0 Å². The maximum absolute atomic E-state index is 12.2. The Balaban J connectivity index is 1.48. The van der Waals surface area contributed by atoms with Gasteiger partial charge >= 0.3 is 5.97 Å². The van der Waals surface area contributed by atoms with Crippen molar-refractivity contribution in [1.29, 1.82) is 0 Å². The topological polar surface area (TPSA) is 61.9 Å². The van der Waals surface area contributed by atoms with E-state index in [-0.39, 0.29) is 11.9 Å². The van der Waals surface area contributed by atoms with E-state index in [0.29, 0.717) is 18.0 Å². The Kier molecular flexibility index (Phi) is 6.66. The van der Waals surface area contributed by atoms with Crippen LogP contribution in [0.2, 0.25) is 0 Å². The van der Waals surface area contributed by atoms with Crippen LogP contribution in [-0.4, -0.2) is 56.1 Å². The minimum Gasteiger partial charge on any atom is -0.465 e. The number of amides is 1. The van der Waals surface area contributed by atoms with Crippen molar-refractivity contribution >= 4 is 23.3 Å². The van der Waals surface area contributed by atoms with Gasteiger partial charge in [0.15, 0.2) is 0 Å². The summed E-state index contributed by atoms with van der Waals surface area (Å²) in [6.07, 6.45) is 0.479. The van der Waals surface area contributed by atoms with Crippen LogP contribution in [0, 0.1) is 0 Å². The summed E-state index contributed by atoms with van der Waals surface area (Å²) >= 11 is 0. The molecule has 1 aliphatic rings. The van der Waals surface area contributed by atoms with Crippen molar-refractivity contribution in [2.75, 3.05) is 43.5 Å². The Labute approximate surface area is 166 Å². The van der Waals surface area contributed by atoms with E-state index in [0.717, 1.165) is 37.6 Å². The molecule has 1 heterocycles. The van der Waals surface area contributed by atoms with Gasteiger partial charge in [-0.25, -0.2) is 4.79 Å². The van der Waals surface area contributed by atoms with E-state index < -0.39 is 0 Å². The van der Waals surface area contributed by atoms with Crippen LogP contribution < -0.4 is 10.2 Å². The normalized spacial score (nSPS) is 17.2. The molecule has 0 spiro atoms. The van der Waals surface area contributed by atoms with Crippen LogP contribution in [0.4, 0.5) is 11.4 Å². The second kappa shape index (κ2) is 9.37. The molecule has 0 radical (unpaired) electrons. The maximum atomic E-state index is 12.2. The Morgan fingerprint density at radius 3 is 2.43 bits per heavy atom. The number of benzene rings is 2. The lowest BCUT2D eigenvalue weighted by atomic mass is 10.1. The number of para-hydroxylation sites is 1. The van der Waals surface area contributed by atoms with Gasteiger partial charge in [-0.05, 0) is 43.3 Å². The van der Waals surface area contributed by atoms with E-state index >= 15 is 0 Å². The SMILES string of the molecule is COC(=O)c1ccc(N2CCN(CCC(=O)Nc3ccccc3)C(C)C2)cc1. The number of esters is 1. The van der Waals surface area contributed by atoms with Crippen molar-refractivity contribution in [1.82, 2.24) is 4.90 Å². The first-order valence-electron chi connectivity index (χ1n) is 9.59. The number of carbonyl (C=O) groups excluding carboxylic acids is 2. The van der Waals surface area contributed by atoms with Crippen LogP contribution in [0.5, 0.6) is 0 Å². The number of rotatable bonds is 6. The first-order valence-corrected chi connectivity index (χ1v) is 9.59. The molecule has 1 unspecified atom stereocenters. The molecule has 1 saturated heterocycles. The highest BCUT2D eigenvalue weighted by atomic mass is 16.5. The van der Waals surface area contributed by atoms with Gasteiger partial charge in [-0.3, -0.25) is 9.69 Å². The Morgan fingerprint density at radius 2 is 1.79 bits per heavy atom. The van der Waals surface area contributed by atoms with Gasteiger partial charge in [0.25, 0.3) is 0 Å². The van der Waals surface area contributed by atoms with E-state index in [2.05, 4.69) is 22.0 Å². The van der Waals surface area contributed by atoms with E-state index in [1.165, 1.54) is 7.11 Å². The van der Waals surface area contributed by atoms with Crippen molar-refractivity contribution in [3.05, 3.63) is 60.2 Å². The summed E-state index contributed by atoms with van der Waals surface area (Å²) in [5, 5.41) is 2.94. The molecule has 148 valence electrons. The van der Waals surface area contributed by atoms with Crippen LogP contribution in [0.1, 0.15) is 23.7 Å². The summed E-state index contributed by atoms with van der Waals surface area (Å²) < 4.78 is 4.74. The molecule has 1 fully saturated rings. The van der Waals surface area contributed by atoms with Gasteiger partial charge < -0.3 is 15.0 Å². The van der Waals surface area contributed by atoms with E-state index in [1.54, 1.807) is 12.1 Å². The van der Waals surface area contributed by atoms with Crippen LogP contribution in [0.3, 0.4) is 0 Å². The second-order valence-electron chi connectivity index (χ2n) is 7.03. The number of hydrogen-bond acceptors (Lipinski definition) is 5. The molecule has 28 heavy (non-hydrogen) atoms. The van der Waals surface area contributed by atoms with Gasteiger partial charge in [0.1, 0.15) is 0 Å². The predicted octanol–water partition coefficient (Wildman–Crippen LogP) is 3.01. The number of ether oxygens (including phenoxy) is 1. The highest BCUT2D eigenvalue weighted by Gasteiger charge is 2.24. The number of piperazine rings is 1. The zero-order valence-corrected chi connectivity index (χ0v) is 16.4. The van der Waals surface area contributed by atoms with E-state index in [9.17, 15) is 9.59 Å². The third kappa shape index (κ3) is 5.10. The molecule has 0 saturated carbocycles. The molecule has 1 atom stereocenters. The molecule has 2 aromatic carbocycles. The molecule has 6 nitrogen and oxygen atoms in total. The molecule has 0 aromatic heterocycles. The number of nitrogens with zero attached hydrogens (tertiary/aromatic N) is 2. The summed E-state index contributed by atoms with van der Waals surface area (Å²) in [6, 6.07) is 17.4. The van der Waals surface area contributed by atoms with Crippen molar-refractivity contribution in [2.45, 2.75) is 19.4 Å². The predicted molar refractivity (Wildman–Crippen MR) is 111 cm³/mol. The molecule has 1 amide bonds. The van der Waals surface area contributed by atoms with Crippen molar-refractivity contribution in [3.63, 3.8) is 0 Å². The zero-order chi connectivity index (χ0) is 19.9. The standard InChI is InChI=1S/C22H27N3O3/c1-17-16-25(20-10-8-18(9-11-20)22(27)28-2)15-14-24(17)13-12-21(26)23-19-6-4-3-5-7-19/h3-11,17H,12-16H2,1-2H3,(H,23,26). The van der Waals surface area contributed by atoms with Crippen LogP contribution in [0.25, 0.3) is 0 Å². The van der Waals surface area contributed by atoms with Gasteiger partial charge in [0.05, 0.1) is 12.7 Å². The van der Waals surface area contributed by atoms with Gasteiger partial charge in [-0.15, -0.1) is 0 Å². The number of nitrogens with one attached hydrogen (secondary N) is 1. The minimum absolute atomic E-state index is 0.0410. The van der Waals surface area contributed by atoms with Crippen LogP contribution >= 0.6 is 0 Å². The minimum atomic E-state index is -0.321. The fourth-order valence-corrected chi connectivity index (χ4v) is 3.48. The average Bonchev–Trinajstić information content (AvgIpc) is 2.73. The summed E-state index contributed by atoms with van der Waals surface area (Å²) in [5.74, 6) is -0.280. The first-order chi connectivity index (χ1) is 13.6. The van der Waals surface area contributed by atoms with Gasteiger partial charge in [0.2, 0.25) is 5.91 Å². The lowest BCUT2D eigenvalue weighted by Gasteiger charge is -2.41. The van der Waals surface area contributed by atoms with Crippen LogP contribution in [-0.2, 0) is 9.53 Å². The Hall–Kier alpha value is -2.86. The second-order valence-corrected chi connectivity index (χ2v) is 7.03. The summed E-state index contributed by atoms with van der Waals surface area (Å²) in [7, 11) is 1.39.